The van der Waals surface area contributed by atoms with Crippen LogP contribution in [0, 0.1) is 24.7 Å². The van der Waals surface area contributed by atoms with Gasteiger partial charge in [0.05, 0.1) is 35.2 Å². The molecule has 43 heavy (non-hydrogen) atoms. The van der Waals surface area contributed by atoms with Crippen molar-refractivity contribution in [3.8, 4) is 40.2 Å². The summed E-state index contributed by atoms with van der Waals surface area (Å²) in [6, 6.07) is 12.3. The maximum absolute atomic E-state index is 12.9. The first kappa shape index (κ1) is 29.6. The number of aromatic nitrogens is 3. The normalized spacial score (nSPS) is 13.7. The second kappa shape index (κ2) is 12.6. The summed E-state index contributed by atoms with van der Waals surface area (Å²) in [7, 11) is 3.62. The number of likely N-dealkylation sites (tertiary alicyclic amines) is 1. The lowest BCUT2D eigenvalue weighted by Gasteiger charge is -2.28. The Morgan fingerprint density at radius 1 is 1.12 bits per heavy atom. The maximum atomic E-state index is 12.9. The molecule has 0 spiro atoms. The molecule has 2 aromatic carbocycles. The molecule has 2 aromatic heterocycles. The van der Waals surface area contributed by atoms with E-state index in [0.29, 0.717) is 44.7 Å². The van der Waals surface area contributed by atoms with Crippen LogP contribution >= 0.6 is 11.6 Å². The molecule has 0 bridgehead atoms. The lowest BCUT2D eigenvalue weighted by Crippen LogP contribution is -2.35. The molecule has 1 saturated heterocycles. The second-order valence-electron chi connectivity index (χ2n) is 10.5. The number of nitrogens with two attached hydrogens (primary N) is 2. The Hall–Kier alpha value is -4.85. The fourth-order valence-electron chi connectivity index (χ4n) is 5.08. The quantitative estimate of drug-likeness (QED) is 0.239. The average Bonchev–Trinajstić information content (AvgIpc) is 3.44. The highest BCUT2D eigenvalue weighted by Crippen LogP contribution is 2.33. The van der Waals surface area contributed by atoms with Gasteiger partial charge in [-0.05, 0) is 81.9 Å². The molecule has 0 atom stereocenters. The van der Waals surface area contributed by atoms with E-state index in [-0.39, 0.29) is 23.3 Å². The highest BCUT2D eigenvalue weighted by Gasteiger charge is 2.24. The standard InChI is InChI=1S/C32H32ClN7O3/c1-18-4-7-22(33)15-24(18)29-25(30(34)41)16-26(38-29)28-21(17-36-32(35)39-28)6-5-20-14-23(8-9-27(20)43-3)37-31(42)19-10-12-40(2)13-11-19/h4,7-9,14-17,19,38H,10-13H2,1-3H3,(H2,34,41)(H,37,42)(H2,35,36,39). The van der Waals surface area contributed by atoms with Crippen molar-refractivity contribution in [3.63, 3.8) is 0 Å². The van der Waals surface area contributed by atoms with Crippen molar-refractivity contribution in [1.29, 1.82) is 0 Å². The Bertz CT molecular complexity index is 1760. The molecule has 1 aliphatic rings. The number of nitrogens with zero attached hydrogens (tertiary/aromatic N) is 3. The van der Waals surface area contributed by atoms with Gasteiger partial charge in [-0.3, -0.25) is 9.59 Å². The summed E-state index contributed by atoms with van der Waals surface area (Å²) in [5.41, 5.74) is 16.6. The topological polar surface area (TPSA) is 152 Å². The number of nitrogen functional groups attached to an aromatic ring is 1. The number of primary amides is 1. The number of aryl methyl sites for hydroxylation is 1. The Balaban J connectivity index is 1.50. The summed E-state index contributed by atoms with van der Waals surface area (Å²) < 4.78 is 5.53. The lowest BCUT2D eigenvalue weighted by molar-refractivity contribution is -0.121. The van der Waals surface area contributed by atoms with E-state index >= 15 is 0 Å². The molecule has 10 nitrogen and oxygen atoms in total. The largest absolute Gasteiger partial charge is 0.495 e. The van der Waals surface area contributed by atoms with E-state index in [4.69, 9.17) is 27.8 Å². The highest BCUT2D eigenvalue weighted by atomic mass is 35.5. The molecule has 220 valence electrons. The number of hydrogen-bond donors (Lipinski definition) is 4. The summed E-state index contributed by atoms with van der Waals surface area (Å²) in [6.45, 7) is 3.70. The van der Waals surface area contributed by atoms with E-state index in [2.05, 4.69) is 44.1 Å². The van der Waals surface area contributed by atoms with E-state index in [1.54, 1.807) is 43.5 Å². The van der Waals surface area contributed by atoms with Crippen molar-refractivity contribution < 1.29 is 14.3 Å². The second-order valence-corrected chi connectivity index (χ2v) is 11.0. The third kappa shape index (κ3) is 6.64. The molecule has 6 N–H and O–H groups in total. The van der Waals surface area contributed by atoms with Crippen LogP contribution in [0.25, 0.3) is 22.6 Å². The number of hydrogen-bond acceptors (Lipinski definition) is 7. The Labute approximate surface area is 254 Å². The van der Waals surface area contributed by atoms with E-state index in [1.807, 2.05) is 13.0 Å². The summed E-state index contributed by atoms with van der Waals surface area (Å²) in [5, 5.41) is 3.54. The number of carbonyl (C=O) groups is 2. The van der Waals surface area contributed by atoms with Crippen molar-refractivity contribution in [2.75, 3.05) is 38.3 Å². The third-order valence-corrected chi connectivity index (χ3v) is 7.74. The van der Waals surface area contributed by atoms with Gasteiger partial charge in [0.15, 0.2) is 0 Å². The summed E-state index contributed by atoms with van der Waals surface area (Å²) in [5.74, 6) is 6.16. The predicted molar refractivity (Wildman–Crippen MR) is 168 cm³/mol. The van der Waals surface area contributed by atoms with Gasteiger partial charge in [-0.1, -0.05) is 29.5 Å². The Morgan fingerprint density at radius 2 is 1.86 bits per heavy atom. The van der Waals surface area contributed by atoms with E-state index < -0.39 is 5.91 Å². The summed E-state index contributed by atoms with van der Waals surface area (Å²) in [6.07, 6.45) is 3.15. The molecule has 0 radical (unpaired) electrons. The van der Waals surface area contributed by atoms with Crippen molar-refractivity contribution >= 4 is 35.1 Å². The van der Waals surface area contributed by atoms with Gasteiger partial charge in [0.1, 0.15) is 11.4 Å². The summed E-state index contributed by atoms with van der Waals surface area (Å²) >= 11 is 6.26. The van der Waals surface area contributed by atoms with Gasteiger partial charge in [0.25, 0.3) is 5.91 Å². The lowest BCUT2D eigenvalue weighted by atomic mass is 9.96. The van der Waals surface area contributed by atoms with Gasteiger partial charge in [-0.2, -0.15) is 0 Å². The molecular formula is C32H32ClN7O3. The maximum Gasteiger partial charge on any atom is 0.250 e. The van der Waals surface area contributed by atoms with E-state index in [1.165, 1.54) is 6.20 Å². The molecule has 11 heteroatoms. The fourth-order valence-corrected chi connectivity index (χ4v) is 5.25. The van der Waals surface area contributed by atoms with Gasteiger partial charge < -0.3 is 31.4 Å². The number of H-pyrrole nitrogens is 1. The molecule has 1 aliphatic heterocycles. The smallest absolute Gasteiger partial charge is 0.250 e. The predicted octanol–water partition coefficient (Wildman–Crippen LogP) is 4.47. The van der Waals surface area contributed by atoms with Crippen molar-refractivity contribution in [3.05, 3.63) is 75.9 Å². The van der Waals surface area contributed by atoms with Crippen LogP contribution in [0.4, 0.5) is 11.6 Å². The number of anilines is 2. The number of ether oxygens (including phenoxy) is 1. The minimum absolute atomic E-state index is 0.00542. The van der Waals surface area contributed by atoms with Crippen molar-refractivity contribution in [1.82, 2.24) is 19.9 Å². The molecule has 2 amide bonds. The zero-order valence-corrected chi connectivity index (χ0v) is 24.9. The monoisotopic (exact) mass is 597 g/mol. The Morgan fingerprint density at radius 3 is 2.58 bits per heavy atom. The number of methoxy groups -OCH3 is 1. The number of amides is 2. The zero-order chi connectivity index (χ0) is 30.7. The molecule has 4 aromatic rings. The third-order valence-electron chi connectivity index (χ3n) is 7.50. The first-order valence-electron chi connectivity index (χ1n) is 13.7. The molecule has 5 rings (SSSR count). The minimum atomic E-state index is -0.615. The van der Waals surface area contributed by atoms with Gasteiger partial charge in [0.2, 0.25) is 11.9 Å². The highest BCUT2D eigenvalue weighted by molar-refractivity contribution is 6.31. The van der Waals surface area contributed by atoms with Crippen LogP contribution < -0.4 is 21.5 Å². The van der Waals surface area contributed by atoms with Gasteiger partial charge >= 0.3 is 0 Å². The van der Waals surface area contributed by atoms with E-state index in [0.717, 1.165) is 37.1 Å². The number of benzene rings is 2. The molecular weight excluding hydrogens is 566 g/mol. The molecule has 1 fully saturated rings. The van der Waals surface area contributed by atoms with Crippen molar-refractivity contribution in [2.24, 2.45) is 11.7 Å². The number of aromatic amines is 1. The average molecular weight is 598 g/mol. The van der Waals surface area contributed by atoms with Crippen molar-refractivity contribution in [2.45, 2.75) is 19.8 Å². The number of piperidine rings is 1. The van der Waals surface area contributed by atoms with Crippen LogP contribution in [-0.4, -0.2) is 58.9 Å². The first-order chi connectivity index (χ1) is 20.6. The first-order valence-corrected chi connectivity index (χ1v) is 14.1. The van der Waals surface area contributed by atoms with Crippen LogP contribution in [-0.2, 0) is 4.79 Å². The molecule has 0 saturated carbocycles. The van der Waals surface area contributed by atoms with Gasteiger partial charge in [-0.25, -0.2) is 9.97 Å². The molecule has 0 aliphatic carbocycles. The molecule has 0 unspecified atom stereocenters. The van der Waals surface area contributed by atoms with Crippen LogP contribution in [0.15, 0.2) is 48.7 Å². The Kier molecular flexibility index (Phi) is 8.66. The molecule has 3 heterocycles. The van der Waals surface area contributed by atoms with E-state index in [9.17, 15) is 9.59 Å². The van der Waals surface area contributed by atoms with Gasteiger partial charge in [-0.15, -0.1) is 0 Å². The van der Waals surface area contributed by atoms with Gasteiger partial charge in [0, 0.05) is 28.4 Å². The van der Waals surface area contributed by atoms with Crippen LogP contribution in [0.2, 0.25) is 5.02 Å². The minimum Gasteiger partial charge on any atom is -0.495 e. The van der Waals surface area contributed by atoms with Crippen LogP contribution in [0.1, 0.15) is 39.9 Å². The van der Waals surface area contributed by atoms with Crippen LogP contribution in [0.5, 0.6) is 5.75 Å². The number of carbonyl (C=O) groups excluding carboxylic acids is 2. The number of rotatable bonds is 6. The number of nitrogens with one attached hydrogen (secondary N) is 2. The summed E-state index contributed by atoms with van der Waals surface area (Å²) in [4.78, 5) is 39.4. The fraction of sp³-hybridized carbons (Fsp3) is 0.250. The number of halogens is 1. The van der Waals surface area contributed by atoms with Crippen LogP contribution in [0.3, 0.4) is 0 Å². The SMILES string of the molecule is COc1ccc(NC(=O)C2CCN(C)CC2)cc1C#Cc1cnc(N)nc1-c1cc(C(N)=O)c(-c2cc(Cl)ccc2C)[nH]1. The zero-order valence-electron chi connectivity index (χ0n) is 24.1.